The largest absolute Gasteiger partial charge is 0.462 e. The summed E-state index contributed by atoms with van der Waals surface area (Å²) in [5, 5.41) is 23.9. The molecule has 3 N–H and O–H groups in total. The molecule has 6 heteroatoms. The molecule has 0 aliphatic carbocycles. The average Bonchev–Trinajstić information content (AvgIpc) is 3.33. The van der Waals surface area contributed by atoms with E-state index in [4.69, 9.17) is 4.74 Å². The van der Waals surface area contributed by atoms with Crippen LogP contribution in [0.4, 0.5) is 0 Å². The maximum Gasteiger partial charge on any atom is 0.306 e. The molecule has 3 unspecified atom stereocenters. The van der Waals surface area contributed by atoms with E-state index in [1.165, 1.54) is 244 Å². The normalized spacial score (nSPS) is 13.1. The fraction of sp³-hybridized carbons (Fsp3) is 0.935. The molecule has 0 aromatic heterocycles. The van der Waals surface area contributed by atoms with Crippen LogP contribution in [0.2, 0.25) is 0 Å². The minimum absolute atomic E-state index is 0.0749. The Balaban J connectivity index is 4.46. The van der Waals surface area contributed by atoms with E-state index in [0.717, 1.165) is 57.8 Å². The van der Waals surface area contributed by atoms with Gasteiger partial charge in [0.15, 0.2) is 0 Å². The lowest BCUT2D eigenvalue weighted by Gasteiger charge is -2.24. The highest BCUT2D eigenvalue weighted by molar-refractivity contribution is 5.77. The number of hydrogen-bond acceptors (Lipinski definition) is 5. The zero-order valence-corrected chi connectivity index (χ0v) is 46.3. The van der Waals surface area contributed by atoms with Crippen LogP contribution in [0.3, 0.4) is 0 Å². The summed E-state index contributed by atoms with van der Waals surface area (Å²) in [6.07, 6.45) is 65.7. The van der Waals surface area contributed by atoms with Gasteiger partial charge in [0.25, 0.3) is 0 Å². The van der Waals surface area contributed by atoms with E-state index in [1.54, 1.807) is 0 Å². The second kappa shape index (κ2) is 56.5. The van der Waals surface area contributed by atoms with Crippen LogP contribution in [0.15, 0.2) is 12.2 Å². The van der Waals surface area contributed by atoms with Gasteiger partial charge in [-0.3, -0.25) is 9.59 Å². The summed E-state index contributed by atoms with van der Waals surface area (Å²) in [4.78, 5) is 26.3. The number of allylic oxidation sites excluding steroid dienone is 2. The van der Waals surface area contributed by atoms with Gasteiger partial charge in [0.2, 0.25) is 5.91 Å². The Kier molecular flexibility index (Phi) is 55.3. The summed E-state index contributed by atoms with van der Waals surface area (Å²) in [6.45, 7) is 6.53. The topological polar surface area (TPSA) is 95.9 Å². The maximum absolute atomic E-state index is 13.3. The van der Waals surface area contributed by atoms with Crippen molar-refractivity contribution < 1.29 is 24.5 Å². The molecule has 0 aromatic rings. The molecule has 0 saturated carbocycles. The van der Waals surface area contributed by atoms with Gasteiger partial charge in [-0.2, -0.15) is 0 Å². The van der Waals surface area contributed by atoms with Crippen molar-refractivity contribution in [3.8, 4) is 0 Å². The van der Waals surface area contributed by atoms with Crippen LogP contribution >= 0.6 is 0 Å². The minimum atomic E-state index is -0.787. The lowest BCUT2D eigenvalue weighted by molar-refractivity contribution is -0.151. The summed E-state index contributed by atoms with van der Waals surface area (Å²) in [5.74, 6) is -0.463. The molecular weight excluding hydrogens is 839 g/mol. The number of hydrogen-bond donors (Lipinski definition) is 3. The third kappa shape index (κ3) is 51.0. The molecular formula is C62H121NO5. The first kappa shape index (κ1) is 66.6. The van der Waals surface area contributed by atoms with Crippen LogP contribution in [0.5, 0.6) is 0 Å². The molecule has 6 nitrogen and oxygen atoms in total. The number of aliphatic hydroxyl groups excluding tert-OH is 2. The number of carbonyl (C=O) groups excluding carboxylic acids is 2. The number of esters is 1. The molecule has 0 spiro atoms. The van der Waals surface area contributed by atoms with Gasteiger partial charge in [-0.15, -0.1) is 0 Å². The third-order valence-electron chi connectivity index (χ3n) is 14.6. The van der Waals surface area contributed by atoms with Crippen molar-refractivity contribution in [1.82, 2.24) is 5.32 Å². The van der Waals surface area contributed by atoms with Gasteiger partial charge in [-0.1, -0.05) is 296 Å². The predicted octanol–water partition coefficient (Wildman–Crippen LogP) is 19.2. The fourth-order valence-corrected chi connectivity index (χ4v) is 9.90. The lowest BCUT2D eigenvalue weighted by atomic mass is 10.0. The van der Waals surface area contributed by atoms with Gasteiger partial charge in [-0.05, 0) is 51.4 Å². The van der Waals surface area contributed by atoms with E-state index in [-0.39, 0.29) is 24.9 Å². The number of amides is 1. The van der Waals surface area contributed by atoms with Crippen molar-refractivity contribution in [2.45, 2.75) is 366 Å². The van der Waals surface area contributed by atoms with E-state index in [9.17, 15) is 19.8 Å². The average molecular weight is 961 g/mol. The van der Waals surface area contributed by atoms with E-state index in [2.05, 4.69) is 38.2 Å². The van der Waals surface area contributed by atoms with Crippen LogP contribution in [-0.4, -0.2) is 46.9 Å². The second-order valence-corrected chi connectivity index (χ2v) is 21.5. The van der Waals surface area contributed by atoms with Gasteiger partial charge in [-0.25, -0.2) is 0 Å². The van der Waals surface area contributed by atoms with Gasteiger partial charge in [0.05, 0.1) is 25.2 Å². The molecule has 3 atom stereocenters. The molecule has 0 saturated heterocycles. The van der Waals surface area contributed by atoms with Crippen LogP contribution in [0, 0.1) is 0 Å². The van der Waals surface area contributed by atoms with Crippen molar-refractivity contribution in [3.63, 3.8) is 0 Å². The zero-order chi connectivity index (χ0) is 49.5. The first-order chi connectivity index (χ1) is 33.5. The molecule has 0 radical (unpaired) electrons. The van der Waals surface area contributed by atoms with Crippen molar-refractivity contribution in [1.29, 1.82) is 0 Å². The van der Waals surface area contributed by atoms with Crippen molar-refractivity contribution in [2.24, 2.45) is 0 Å². The Labute approximate surface area is 425 Å². The zero-order valence-electron chi connectivity index (χ0n) is 46.3. The molecule has 0 aromatic carbocycles. The second-order valence-electron chi connectivity index (χ2n) is 21.5. The van der Waals surface area contributed by atoms with E-state index < -0.39 is 18.2 Å². The summed E-state index contributed by atoms with van der Waals surface area (Å²) < 4.78 is 5.97. The van der Waals surface area contributed by atoms with Gasteiger partial charge >= 0.3 is 5.97 Å². The van der Waals surface area contributed by atoms with E-state index in [1.807, 2.05) is 0 Å². The fourth-order valence-electron chi connectivity index (χ4n) is 9.90. The van der Waals surface area contributed by atoms with Crippen LogP contribution in [0.1, 0.15) is 348 Å². The Morgan fingerprint density at radius 2 is 0.706 bits per heavy atom. The van der Waals surface area contributed by atoms with Crippen molar-refractivity contribution >= 4 is 11.9 Å². The standard InChI is InChI=1S/C62H121NO5/c1-4-7-10-13-16-19-22-25-28-30-31-32-34-37-40-43-46-49-52-55-62(67)68-58(53-50-47-44-41-38-35-27-24-21-18-15-12-9-6-3)56-61(66)63-59(57-64)60(65)54-51-48-45-42-39-36-33-29-26-23-20-17-14-11-8-5-2/h35,38,58-60,64-65H,4-34,36-37,39-57H2,1-3H3,(H,63,66)/b38-35+. The monoisotopic (exact) mass is 960 g/mol. The molecule has 0 heterocycles. The smallest absolute Gasteiger partial charge is 0.306 e. The molecule has 404 valence electrons. The molecule has 0 bridgehead atoms. The summed E-state index contributed by atoms with van der Waals surface area (Å²) >= 11 is 0. The van der Waals surface area contributed by atoms with Crippen LogP contribution < -0.4 is 5.32 Å². The van der Waals surface area contributed by atoms with Crippen molar-refractivity contribution in [2.75, 3.05) is 6.61 Å². The quantitative estimate of drug-likeness (QED) is 0.0321. The summed E-state index contributed by atoms with van der Waals surface area (Å²) in [6, 6.07) is -0.701. The van der Waals surface area contributed by atoms with Crippen LogP contribution in [0.25, 0.3) is 0 Å². The molecule has 0 aliphatic rings. The van der Waals surface area contributed by atoms with Gasteiger partial charge in [0, 0.05) is 6.42 Å². The Morgan fingerprint density at radius 1 is 0.412 bits per heavy atom. The van der Waals surface area contributed by atoms with Gasteiger partial charge < -0.3 is 20.3 Å². The Bertz CT molecular complexity index is 1030. The maximum atomic E-state index is 13.3. The number of rotatable bonds is 57. The molecule has 1 amide bonds. The van der Waals surface area contributed by atoms with Crippen molar-refractivity contribution in [3.05, 3.63) is 12.2 Å². The summed E-state index contributed by atoms with van der Waals surface area (Å²) in [7, 11) is 0. The number of carbonyl (C=O) groups is 2. The molecule has 0 aliphatic heterocycles. The highest BCUT2D eigenvalue weighted by Crippen LogP contribution is 2.19. The SMILES string of the molecule is CCCCCCCCC/C=C/CCCCCC(CC(=O)NC(CO)C(O)CCCCCCCCCCCCCCCCCC)OC(=O)CCCCCCCCCCCCCCCCCCCCC. The predicted molar refractivity (Wildman–Crippen MR) is 297 cm³/mol. The molecule has 0 fully saturated rings. The highest BCUT2D eigenvalue weighted by Gasteiger charge is 2.24. The van der Waals surface area contributed by atoms with Gasteiger partial charge in [0.1, 0.15) is 6.10 Å². The highest BCUT2D eigenvalue weighted by atomic mass is 16.5. The van der Waals surface area contributed by atoms with E-state index in [0.29, 0.717) is 19.3 Å². The number of ether oxygens (including phenoxy) is 1. The Morgan fingerprint density at radius 3 is 1.06 bits per heavy atom. The molecule has 0 rings (SSSR count). The number of nitrogens with one attached hydrogen (secondary N) is 1. The minimum Gasteiger partial charge on any atom is -0.462 e. The third-order valence-corrected chi connectivity index (χ3v) is 14.6. The number of aliphatic hydroxyl groups is 2. The first-order valence-corrected chi connectivity index (χ1v) is 30.9. The number of unbranched alkanes of at least 4 members (excludes halogenated alkanes) is 43. The lowest BCUT2D eigenvalue weighted by Crippen LogP contribution is -2.46. The molecule has 68 heavy (non-hydrogen) atoms. The van der Waals surface area contributed by atoms with Crippen LogP contribution in [-0.2, 0) is 14.3 Å². The van der Waals surface area contributed by atoms with E-state index >= 15 is 0 Å². The first-order valence-electron chi connectivity index (χ1n) is 30.9. The summed E-state index contributed by atoms with van der Waals surface area (Å²) in [5.41, 5.74) is 0. The Hall–Kier alpha value is -1.40.